The number of aryl methyl sites for hydroxylation is 2. The van der Waals surface area contributed by atoms with Gasteiger partial charge >= 0.3 is 0 Å². The molecule has 0 aromatic carbocycles. The van der Waals surface area contributed by atoms with Crippen molar-refractivity contribution in [1.29, 1.82) is 0 Å². The first kappa shape index (κ1) is 13.1. The first-order chi connectivity index (χ1) is 7.95. The third-order valence-corrected chi connectivity index (χ3v) is 4.89. The van der Waals surface area contributed by atoms with Gasteiger partial charge in [-0.3, -0.25) is 4.68 Å². The van der Waals surface area contributed by atoms with E-state index < -0.39 is 0 Å². The maximum absolute atomic E-state index is 6.04. The third kappa shape index (κ3) is 2.58. The van der Waals surface area contributed by atoms with E-state index in [1.165, 1.54) is 16.6 Å². The lowest BCUT2D eigenvalue weighted by Gasteiger charge is -2.24. The van der Waals surface area contributed by atoms with Crippen molar-refractivity contribution in [2.45, 2.75) is 52.0 Å². The molecular weight excluding hydrogens is 278 g/mol. The highest BCUT2D eigenvalue weighted by atomic mass is 79.9. The number of hydrogen-bond donors (Lipinski definition) is 1. The highest BCUT2D eigenvalue weighted by Gasteiger charge is 2.35. The van der Waals surface area contributed by atoms with E-state index in [4.69, 9.17) is 5.73 Å². The van der Waals surface area contributed by atoms with Gasteiger partial charge in [-0.2, -0.15) is 5.10 Å². The first-order valence-corrected chi connectivity index (χ1v) is 7.20. The van der Waals surface area contributed by atoms with Crippen molar-refractivity contribution >= 4 is 15.9 Å². The summed E-state index contributed by atoms with van der Waals surface area (Å²) in [5.74, 6) is 0. The number of rotatable bonds is 3. The summed E-state index contributed by atoms with van der Waals surface area (Å²) in [7, 11) is 2.04. The van der Waals surface area contributed by atoms with E-state index in [-0.39, 0.29) is 0 Å². The molecule has 1 aliphatic rings. The molecule has 1 fully saturated rings. The molecule has 2 rings (SSSR count). The molecule has 1 aliphatic carbocycles. The van der Waals surface area contributed by atoms with Gasteiger partial charge in [-0.1, -0.05) is 13.8 Å². The fourth-order valence-corrected chi connectivity index (χ4v) is 3.70. The molecule has 3 nitrogen and oxygen atoms in total. The minimum Gasteiger partial charge on any atom is -0.328 e. The van der Waals surface area contributed by atoms with E-state index in [2.05, 4.69) is 34.9 Å². The van der Waals surface area contributed by atoms with Crippen LogP contribution in [0.1, 0.15) is 44.5 Å². The molecule has 17 heavy (non-hydrogen) atoms. The lowest BCUT2D eigenvalue weighted by molar-refractivity contribution is 0.320. The van der Waals surface area contributed by atoms with Gasteiger partial charge in [0, 0.05) is 13.1 Å². The molecule has 96 valence electrons. The standard InChI is InChI=1S/C13H22BrN3/c1-4-10-12(14)11(17(3)16-10)8-13(2)6-5-9(15)7-13/h9H,4-8,15H2,1-3H3. The largest absolute Gasteiger partial charge is 0.328 e. The van der Waals surface area contributed by atoms with Crippen LogP contribution in [-0.4, -0.2) is 15.8 Å². The summed E-state index contributed by atoms with van der Waals surface area (Å²) in [6.07, 6.45) is 5.57. The summed E-state index contributed by atoms with van der Waals surface area (Å²) in [6.45, 7) is 4.50. The van der Waals surface area contributed by atoms with Crippen LogP contribution in [0.15, 0.2) is 4.47 Å². The average molecular weight is 300 g/mol. The molecule has 0 radical (unpaired) electrons. The van der Waals surface area contributed by atoms with E-state index in [0.29, 0.717) is 11.5 Å². The number of halogens is 1. The molecule has 4 heteroatoms. The number of nitrogens with zero attached hydrogens (tertiary/aromatic N) is 2. The van der Waals surface area contributed by atoms with Crippen LogP contribution >= 0.6 is 15.9 Å². The van der Waals surface area contributed by atoms with Crippen molar-refractivity contribution in [3.8, 4) is 0 Å². The molecule has 0 aliphatic heterocycles. The molecule has 1 saturated carbocycles. The molecule has 0 bridgehead atoms. The predicted molar refractivity (Wildman–Crippen MR) is 73.9 cm³/mol. The van der Waals surface area contributed by atoms with Crippen LogP contribution in [0, 0.1) is 5.41 Å². The second-order valence-electron chi connectivity index (χ2n) is 5.67. The monoisotopic (exact) mass is 299 g/mol. The Balaban J connectivity index is 2.21. The zero-order valence-corrected chi connectivity index (χ0v) is 12.5. The summed E-state index contributed by atoms with van der Waals surface area (Å²) < 4.78 is 3.22. The number of aromatic nitrogens is 2. The maximum Gasteiger partial charge on any atom is 0.0766 e. The molecular formula is C13H22BrN3. The minimum absolute atomic E-state index is 0.348. The van der Waals surface area contributed by atoms with Crippen LogP contribution in [0.4, 0.5) is 0 Å². The zero-order chi connectivity index (χ0) is 12.6. The molecule has 0 spiro atoms. The average Bonchev–Trinajstić information content (AvgIpc) is 2.73. The van der Waals surface area contributed by atoms with Crippen molar-refractivity contribution in [2.75, 3.05) is 0 Å². The maximum atomic E-state index is 6.04. The summed E-state index contributed by atoms with van der Waals surface area (Å²) in [5.41, 5.74) is 8.86. The lowest BCUT2D eigenvalue weighted by atomic mass is 9.83. The minimum atomic E-state index is 0.348. The quantitative estimate of drug-likeness (QED) is 0.933. The summed E-state index contributed by atoms with van der Waals surface area (Å²) in [4.78, 5) is 0. The van der Waals surface area contributed by atoms with Gasteiger partial charge < -0.3 is 5.73 Å². The molecule has 1 heterocycles. The Labute approximate surface area is 112 Å². The fourth-order valence-electron chi connectivity index (χ4n) is 2.95. The van der Waals surface area contributed by atoms with Crippen LogP contribution in [-0.2, 0) is 19.9 Å². The van der Waals surface area contributed by atoms with Gasteiger partial charge in [-0.15, -0.1) is 0 Å². The predicted octanol–water partition coefficient (Wildman–Crippen LogP) is 2.81. The van der Waals surface area contributed by atoms with Crippen molar-refractivity contribution in [3.63, 3.8) is 0 Å². The Bertz CT molecular complexity index is 413. The van der Waals surface area contributed by atoms with Gasteiger partial charge in [-0.25, -0.2) is 0 Å². The van der Waals surface area contributed by atoms with Crippen LogP contribution in [0.3, 0.4) is 0 Å². The molecule has 2 atom stereocenters. The first-order valence-electron chi connectivity index (χ1n) is 6.41. The van der Waals surface area contributed by atoms with Gasteiger partial charge in [0.15, 0.2) is 0 Å². The zero-order valence-electron chi connectivity index (χ0n) is 11.0. The van der Waals surface area contributed by atoms with Crippen molar-refractivity contribution in [3.05, 3.63) is 15.9 Å². The smallest absolute Gasteiger partial charge is 0.0766 e. The Morgan fingerprint density at radius 2 is 2.29 bits per heavy atom. The van der Waals surface area contributed by atoms with E-state index in [0.717, 1.165) is 31.4 Å². The fraction of sp³-hybridized carbons (Fsp3) is 0.769. The summed E-state index contributed by atoms with van der Waals surface area (Å²) in [5, 5.41) is 4.56. The normalized spacial score (nSPS) is 28.9. The van der Waals surface area contributed by atoms with Crippen LogP contribution in [0.5, 0.6) is 0 Å². The Morgan fingerprint density at radius 1 is 1.59 bits per heavy atom. The van der Waals surface area contributed by atoms with E-state index in [9.17, 15) is 0 Å². The molecule has 1 aromatic heterocycles. The second-order valence-corrected chi connectivity index (χ2v) is 6.47. The van der Waals surface area contributed by atoms with Crippen LogP contribution < -0.4 is 5.73 Å². The van der Waals surface area contributed by atoms with Crippen molar-refractivity contribution < 1.29 is 0 Å². The van der Waals surface area contributed by atoms with Gasteiger partial charge in [0.05, 0.1) is 15.9 Å². The molecule has 1 aromatic rings. The Hall–Kier alpha value is -0.350. The van der Waals surface area contributed by atoms with Crippen LogP contribution in [0.25, 0.3) is 0 Å². The summed E-state index contributed by atoms with van der Waals surface area (Å²) in [6, 6.07) is 0.387. The highest BCUT2D eigenvalue weighted by molar-refractivity contribution is 9.10. The van der Waals surface area contributed by atoms with E-state index in [1.807, 2.05) is 11.7 Å². The Morgan fingerprint density at radius 3 is 2.76 bits per heavy atom. The van der Waals surface area contributed by atoms with Crippen molar-refractivity contribution in [2.24, 2.45) is 18.2 Å². The van der Waals surface area contributed by atoms with Gasteiger partial charge in [0.2, 0.25) is 0 Å². The van der Waals surface area contributed by atoms with Gasteiger partial charge in [0.1, 0.15) is 0 Å². The van der Waals surface area contributed by atoms with E-state index in [1.54, 1.807) is 0 Å². The molecule has 0 saturated heterocycles. The van der Waals surface area contributed by atoms with Gasteiger partial charge in [0.25, 0.3) is 0 Å². The SMILES string of the molecule is CCc1nn(C)c(CC2(C)CCC(N)C2)c1Br. The molecule has 2 unspecified atom stereocenters. The topological polar surface area (TPSA) is 43.8 Å². The molecule has 2 N–H and O–H groups in total. The third-order valence-electron chi connectivity index (χ3n) is 3.97. The molecule has 0 amide bonds. The van der Waals surface area contributed by atoms with Crippen molar-refractivity contribution in [1.82, 2.24) is 9.78 Å². The van der Waals surface area contributed by atoms with Crippen LogP contribution in [0.2, 0.25) is 0 Å². The van der Waals surface area contributed by atoms with Gasteiger partial charge in [-0.05, 0) is 53.4 Å². The number of nitrogens with two attached hydrogens (primary N) is 1. The number of hydrogen-bond acceptors (Lipinski definition) is 2. The van der Waals surface area contributed by atoms with E-state index >= 15 is 0 Å². The summed E-state index contributed by atoms with van der Waals surface area (Å²) >= 11 is 3.69. The highest BCUT2D eigenvalue weighted by Crippen LogP contribution is 2.41. The second kappa shape index (κ2) is 4.73. The lowest BCUT2D eigenvalue weighted by Crippen LogP contribution is -2.22. The Kier molecular flexibility index (Phi) is 3.64.